The van der Waals surface area contributed by atoms with Crippen LogP contribution >= 0.6 is 0 Å². The molecule has 0 aromatic carbocycles. The van der Waals surface area contributed by atoms with Gasteiger partial charge < -0.3 is 10.5 Å². The van der Waals surface area contributed by atoms with Crippen LogP contribution < -0.4 is 5.73 Å². The molecule has 114 valence electrons. The highest BCUT2D eigenvalue weighted by molar-refractivity contribution is 7.89. The molecular weight excluding hydrogens is 278 g/mol. The van der Waals surface area contributed by atoms with E-state index in [1.165, 1.54) is 10.5 Å². The molecular formula is C13H23N3O3S. The summed E-state index contributed by atoms with van der Waals surface area (Å²) in [5.41, 5.74) is 6.12. The molecule has 2 N–H and O–H groups in total. The first-order valence-corrected chi connectivity index (χ1v) is 8.00. The zero-order valence-corrected chi connectivity index (χ0v) is 13.1. The van der Waals surface area contributed by atoms with Crippen LogP contribution in [0.1, 0.15) is 19.5 Å². The number of hydrogen-bond donors (Lipinski definition) is 1. The lowest BCUT2D eigenvalue weighted by Crippen LogP contribution is -2.36. The fourth-order valence-electron chi connectivity index (χ4n) is 1.74. The van der Waals surface area contributed by atoms with E-state index in [4.69, 9.17) is 10.5 Å². The number of nitrogens with zero attached hydrogens (tertiary/aromatic N) is 2. The number of nitrogens with two attached hydrogens (primary N) is 1. The molecule has 20 heavy (non-hydrogen) atoms. The van der Waals surface area contributed by atoms with Crippen LogP contribution in [0.4, 0.5) is 0 Å². The number of aromatic nitrogens is 1. The van der Waals surface area contributed by atoms with Gasteiger partial charge in [0.15, 0.2) is 0 Å². The quantitative estimate of drug-likeness (QED) is 0.769. The molecule has 0 fully saturated rings. The van der Waals surface area contributed by atoms with E-state index in [1.807, 2.05) is 13.8 Å². The van der Waals surface area contributed by atoms with Crippen molar-refractivity contribution < 1.29 is 13.2 Å². The molecule has 0 aliphatic rings. The van der Waals surface area contributed by atoms with Gasteiger partial charge >= 0.3 is 0 Å². The number of sulfonamides is 1. The molecule has 0 saturated carbocycles. The van der Waals surface area contributed by atoms with Crippen LogP contribution in [-0.4, -0.2) is 44.5 Å². The second-order valence-corrected chi connectivity index (χ2v) is 6.88. The lowest BCUT2D eigenvalue weighted by atomic mass is 10.2. The first-order chi connectivity index (χ1) is 9.41. The maximum absolute atomic E-state index is 12.6. The first-order valence-electron chi connectivity index (χ1n) is 6.56. The minimum Gasteiger partial charge on any atom is -0.383 e. The Kier molecular flexibility index (Phi) is 6.54. The summed E-state index contributed by atoms with van der Waals surface area (Å²) in [4.78, 5) is 4.23. The summed E-state index contributed by atoms with van der Waals surface area (Å²) in [6, 6.07) is 3.18. The zero-order chi connectivity index (χ0) is 15.2. The van der Waals surface area contributed by atoms with E-state index >= 15 is 0 Å². The van der Waals surface area contributed by atoms with Gasteiger partial charge in [0.05, 0.1) is 12.3 Å². The molecule has 0 atom stereocenters. The molecule has 0 spiro atoms. The van der Waals surface area contributed by atoms with Gasteiger partial charge in [-0.1, -0.05) is 13.8 Å². The van der Waals surface area contributed by atoms with Crippen LogP contribution in [-0.2, 0) is 21.3 Å². The molecule has 0 radical (unpaired) electrons. The van der Waals surface area contributed by atoms with Gasteiger partial charge in [0.2, 0.25) is 10.0 Å². The molecule has 0 aliphatic carbocycles. The zero-order valence-electron chi connectivity index (χ0n) is 12.2. The van der Waals surface area contributed by atoms with Crippen LogP contribution in [0.3, 0.4) is 0 Å². The Labute approximate surface area is 121 Å². The predicted molar refractivity (Wildman–Crippen MR) is 77.6 cm³/mol. The second kappa shape index (κ2) is 7.68. The number of methoxy groups -OCH3 is 1. The van der Waals surface area contributed by atoms with Crippen LogP contribution in [0.15, 0.2) is 23.2 Å². The van der Waals surface area contributed by atoms with Gasteiger partial charge in [-0.15, -0.1) is 0 Å². The molecule has 0 bridgehead atoms. The van der Waals surface area contributed by atoms with Crippen molar-refractivity contribution in [2.24, 2.45) is 11.7 Å². The van der Waals surface area contributed by atoms with E-state index in [1.54, 1.807) is 19.2 Å². The predicted octanol–water partition coefficient (Wildman–Crippen LogP) is 0.833. The molecule has 1 rings (SSSR count). The molecule has 0 saturated heterocycles. The Morgan fingerprint density at radius 2 is 2.10 bits per heavy atom. The first kappa shape index (κ1) is 17.0. The highest BCUT2D eigenvalue weighted by Gasteiger charge is 2.25. The summed E-state index contributed by atoms with van der Waals surface area (Å²) in [7, 11) is -1.99. The molecule has 1 aromatic heterocycles. The van der Waals surface area contributed by atoms with Gasteiger partial charge in [-0.05, 0) is 18.1 Å². The van der Waals surface area contributed by atoms with E-state index in [9.17, 15) is 8.42 Å². The summed E-state index contributed by atoms with van der Waals surface area (Å²) < 4.78 is 31.6. The summed E-state index contributed by atoms with van der Waals surface area (Å²) in [5.74, 6) is 0.234. The molecule has 1 aromatic rings. The van der Waals surface area contributed by atoms with Crippen LogP contribution in [0.5, 0.6) is 0 Å². The number of rotatable bonds is 8. The number of ether oxygens (including phenoxy) is 1. The van der Waals surface area contributed by atoms with Crippen molar-refractivity contribution in [3.05, 3.63) is 24.0 Å². The summed E-state index contributed by atoms with van der Waals surface area (Å²) in [6.45, 7) is 5.39. The standard InChI is InChI=1S/C13H23N3O3S/c1-11(2)10-16(6-7-19-3)20(17,18)13-5-4-12(8-14)15-9-13/h4-5,9,11H,6-8,10,14H2,1-3H3. The van der Waals surface area contributed by atoms with E-state index in [-0.39, 0.29) is 10.8 Å². The van der Waals surface area contributed by atoms with Gasteiger partial charge in [0, 0.05) is 32.9 Å². The second-order valence-electron chi connectivity index (χ2n) is 4.94. The van der Waals surface area contributed by atoms with Crippen molar-refractivity contribution in [3.63, 3.8) is 0 Å². The Bertz CT molecular complexity index is 500. The van der Waals surface area contributed by atoms with Crippen molar-refractivity contribution in [2.75, 3.05) is 26.8 Å². The molecule has 0 unspecified atom stereocenters. The third-order valence-corrected chi connectivity index (χ3v) is 4.61. The maximum Gasteiger partial charge on any atom is 0.244 e. The third kappa shape index (κ3) is 4.52. The SMILES string of the molecule is COCCN(CC(C)C)S(=O)(=O)c1ccc(CN)nc1. The lowest BCUT2D eigenvalue weighted by Gasteiger charge is -2.23. The van der Waals surface area contributed by atoms with Gasteiger partial charge in [-0.25, -0.2) is 8.42 Å². The minimum atomic E-state index is -3.54. The Morgan fingerprint density at radius 3 is 2.55 bits per heavy atom. The van der Waals surface area contributed by atoms with Crippen molar-refractivity contribution in [1.82, 2.24) is 9.29 Å². The minimum absolute atomic E-state index is 0.187. The van der Waals surface area contributed by atoms with Gasteiger partial charge in [0.25, 0.3) is 0 Å². The fourth-order valence-corrected chi connectivity index (χ4v) is 3.28. The van der Waals surface area contributed by atoms with E-state index < -0.39 is 10.0 Å². The molecule has 1 heterocycles. The highest BCUT2D eigenvalue weighted by Crippen LogP contribution is 2.16. The summed E-state index contributed by atoms with van der Waals surface area (Å²) >= 11 is 0. The molecule has 0 amide bonds. The van der Waals surface area contributed by atoms with Crippen molar-refractivity contribution in [1.29, 1.82) is 0 Å². The van der Waals surface area contributed by atoms with Crippen molar-refractivity contribution in [2.45, 2.75) is 25.3 Å². The monoisotopic (exact) mass is 301 g/mol. The van der Waals surface area contributed by atoms with E-state index in [0.717, 1.165) is 0 Å². The third-order valence-electron chi connectivity index (χ3n) is 2.76. The maximum atomic E-state index is 12.6. The molecule has 0 aliphatic heterocycles. The van der Waals surface area contributed by atoms with E-state index in [0.29, 0.717) is 31.9 Å². The normalized spacial score (nSPS) is 12.3. The van der Waals surface area contributed by atoms with Gasteiger partial charge in [-0.2, -0.15) is 4.31 Å². The Hall–Kier alpha value is -1.02. The summed E-state index contributed by atoms with van der Waals surface area (Å²) in [6.07, 6.45) is 1.36. The van der Waals surface area contributed by atoms with Crippen LogP contribution in [0.2, 0.25) is 0 Å². The van der Waals surface area contributed by atoms with E-state index in [2.05, 4.69) is 4.98 Å². The summed E-state index contributed by atoms with van der Waals surface area (Å²) in [5, 5.41) is 0. The highest BCUT2D eigenvalue weighted by atomic mass is 32.2. The average Bonchev–Trinajstić information content (AvgIpc) is 2.43. The van der Waals surface area contributed by atoms with Crippen molar-refractivity contribution in [3.8, 4) is 0 Å². The fraction of sp³-hybridized carbons (Fsp3) is 0.615. The largest absolute Gasteiger partial charge is 0.383 e. The molecule has 7 heteroatoms. The number of pyridine rings is 1. The smallest absolute Gasteiger partial charge is 0.244 e. The van der Waals surface area contributed by atoms with Crippen LogP contribution in [0, 0.1) is 5.92 Å². The Morgan fingerprint density at radius 1 is 1.40 bits per heavy atom. The topological polar surface area (TPSA) is 85.5 Å². The number of hydrogen-bond acceptors (Lipinski definition) is 5. The van der Waals surface area contributed by atoms with Gasteiger partial charge in [0.1, 0.15) is 4.90 Å². The van der Waals surface area contributed by atoms with Crippen LogP contribution in [0.25, 0.3) is 0 Å². The lowest BCUT2D eigenvalue weighted by molar-refractivity contribution is 0.175. The van der Waals surface area contributed by atoms with Gasteiger partial charge in [-0.3, -0.25) is 4.98 Å². The molecule has 6 nitrogen and oxygen atoms in total. The Balaban J connectivity index is 3.00. The average molecular weight is 301 g/mol. The van der Waals surface area contributed by atoms with Crippen molar-refractivity contribution >= 4 is 10.0 Å².